The van der Waals surface area contributed by atoms with Gasteiger partial charge in [-0.05, 0) is 94.5 Å². The topological polar surface area (TPSA) is 226 Å². The molecule has 1 unspecified atom stereocenters. The first-order chi connectivity index (χ1) is 34.1. The van der Waals surface area contributed by atoms with E-state index in [1.807, 2.05) is 84.9 Å². The summed E-state index contributed by atoms with van der Waals surface area (Å²) in [6, 6.07) is 22.0. The van der Waals surface area contributed by atoms with E-state index in [4.69, 9.17) is 10.5 Å². The van der Waals surface area contributed by atoms with E-state index in [-0.39, 0.29) is 55.9 Å². The Hall–Kier alpha value is -7.02. The van der Waals surface area contributed by atoms with Crippen molar-refractivity contribution in [3.8, 4) is 11.8 Å². The van der Waals surface area contributed by atoms with Gasteiger partial charge in [-0.2, -0.15) is 0 Å². The first kappa shape index (κ1) is 53.3. The van der Waals surface area contributed by atoms with Crippen LogP contribution in [0.5, 0.6) is 0 Å². The second kappa shape index (κ2) is 25.7. The van der Waals surface area contributed by atoms with Crippen LogP contribution >= 0.6 is 0 Å². The molecule has 0 radical (unpaired) electrons. The summed E-state index contributed by atoms with van der Waals surface area (Å²) < 4.78 is 5.53. The molecule has 0 spiro atoms. The third-order valence-corrected chi connectivity index (χ3v) is 13.1. The number of nitrogens with two attached hydrogens (primary N) is 1. The Morgan fingerprint density at radius 1 is 0.789 bits per heavy atom. The van der Waals surface area contributed by atoms with Crippen LogP contribution in [0.15, 0.2) is 84.9 Å². The Balaban J connectivity index is 1.02. The van der Waals surface area contributed by atoms with Gasteiger partial charge in [-0.25, -0.2) is 4.79 Å². The van der Waals surface area contributed by atoms with E-state index in [1.165, 1.54) is 4.90 Å². The number of alkyl carbamates (subject to hydrolysis) is 1. The molecule has 0 saturated carbocycles. The molecule has 3 saturated heterocycles. The van der Waals surface area contributed by atoms with Crippen LogP contribution in [0, 0.1) is 11.8 Å². The van der Waals surface area contributed by atoms with Gasteiger partial charge in [0.15, 0.2) is 0 Å². The number of unbranched alkanes of at least 4 members (excludes halogenated alkanes) is 6. The normalized spacial score (nSPS) is 19.5. The van der Waals surface area contributed by atoms with Gasteiger partial charge >= 0.3 is 6.09 Å². The number of piperidine rings is 1. The zero-order valence-corrected chi connectivity index (χ0v) is 41.2. The average Bonchev–Trinajstić information content (AvgIpc) is 3.76. The lowest BCUT2D eigenvalue weighted by Gasteiger charge is -2.39. The quantitative estimate of drug-likeness (QED) is 0.0554. The number of rotatable bonds is 19. The number of amides is 8. The number of nitrogens with zero attached hydrogens (tertiary/aromatic N) is 2. The molecule has 3 aromatic rings. The second-order valence-corrected chi connectivity index (χ2v) is 19.7. The second-order valence-electron chi connectivity index (χ2n) is 19.7. The summed E-state index contributed by atoms with van der Waals surface area (Å²) in [6.45, 7) is 5.31. The predicted molar refractivity (Wildman–Crippen MR) is 267 cm³/mol. The number of hydrogen-bond acceptors (Lipinski definition) is 9. The van der Waals surface area contributed by atoms with E-state index >= 15 is 0 Å². The minimum absolute atomic E-state index is 0.0720. The molecular formula is C55H69N7O9. The molecule has 6 N–H and O–H groups in total. The summed E-state index contributed by atoms with van der Waals surface area (Å²) in [5.41, 5.74) is 8.03. The van der Waals surface area contributed by atoms with E-state index in [0.29, 0.717) is 38.6 Å². The molecule has 6 rings (SSSR count). The molecule has 16 heteroatoms. The van der Waals surface area contributed by atoms with Crippen molar-refractivity contribution in [2.24, 2.45) is 5.73 Å². The summed E-state index contributed by atoms with van der Waals surface area (Å²) in [5.74, 6) is 3.22. The maximum atomic E-state index is 14.6. The van der Waals surface area contributed by atoms with Crippen LogP contribution in [0.1, 0.15) is 151 Å². The molecule has 0 aliphatic carbocycles. The minimum Gasteiger partial charge on any atom is -0.444 e. The van der Waals surface area contributed by atoms with Gasteiger partial charge in [-0.15, -0.1) is 0 Å². The first-order valence-corrected chi connectivity index (χ1v) is 25.1. The minimum atomic E-state index is -1.21. The SMILES string of the molecule is CC(C)(C)OC(=O)N[C@H]1CN(C(=O)CCCCCCCCC#Cc2ccc(C3CCC(=O)NC3=O)cc2)CC[C@H]2CC[C@@H](C(=O)N[C@@H](CCC(N)=O)C(=O)NC(c3ccccc3)c3ccccc3)N2C1=O. The number of nitrogens with one attached hydrogen (secondary N) is 4. The van der Waals surface area contributed by atoms with Gasteiger partial charge in [0, 0.05) is 43.8 Å². The fraction of sp³-hybridized carbons (Fsp3) is 0.491. The molecule has 0 aromatic heterocycles. The number of carbonyl (C=O) groups excluding carboxylic acids is 8. The molecular weight excluding hydrogens is 903 g/mol. The van der Waals surface area contributed by atoms with Crippen LogP contribution in [-0.4, -0.2) is 100 Å². The van der Waals surface area contributed by atoms with Crippen LogP contribution in [0.3, 0.4) is 0 Å². The maximum absolute atomic E-state index is 14.6. The third kappa shape index (κ3) is 16.0. The van der Waals surface area contributed by atoms with Crippen LogP contribution in [-0.2, 0) is 38.3 Å². The Bertz CT molecular complexity index is 2370. The predicted octanol–water partition coefficient (Wildman–Crippen LogP) is 5.82. The lowest BCUT2D eigenvalue weighted by molar-refractivity contribution is -0.146. The van der Waals surface area contributed by atoms with Crippen molar-refractivity contribution in [1.29, 1.82) is 0 Å². The van der Waals surface area contributed by atoms with E-state index in [9.17, 15) is 38.4 Å². The van der Waals surface area contributed by atoms with E-state index in [0.717, 1.165) is 60.8 Å². The highest BCUT2D eigenvalue weighted by molar-refractivity contribution is 6.01. The number of fused-ring (bicyclic) bond motifs is 1. The fourth-order valence-corrected chi connectivity index (χ4v) is 9.46. The van der Waals surface area contributed by atoms with Crippen LogP contribution in [0.4, 0.5) is 4.79 Å². The third-order valence-electron chi connectivity index (χ3n) is 13.1. The highest BCUT2D eigenvalue weighted by Gasteiger charge is 2.46. The van der Waals surface area contributed by atoms with Gasteiger partial charge < -0.3 is 36.2 Å². The van der Waals surface area contributed by atoms with Gasteiger partial charge in [0.05, 0.1) is 18.5 Å². The van der Waals surface area contributed by atoms with Crippen molar-refractivity contribution in [3.63, 3.8) is 0 Å². The molecule has 3 aromatic carbocycles. The molecule has 378 valence electrons. The molecule has 3 fully saturated rings. The summed E-state index contributed by atoms with van der Waals surface area (Å²) >= 11 is 0. The Morgan fingerprint density at radius 3 is 2.07 bits per heavy atom. The van der Waals surface area contributed by atoms with Crippen molar-refractivity contribution >= 4 is 47.4 Å². The van der Waals surface area contributed by atoms with Crippen molar-refractivity contribution in [3.05, 3.63) is 107 Å². The average molecular weight is 972 g/mol. The number of hydrogen-bond donors (Lipinski definition) is 5. The molecule has 3 aliphatic heterocycles. The Morgan fingerprint density at radius 2 is 1.44 bits per heavy atom. The van der Waals surface area contributed by atoms with Gasteiger partial charge in [0.25, 0.3) is 0 Å². The Labute approximate surface area is 416 Å². The highest BCUT2D eigenvalue weighted by Crippen LogP contribution is 2.31. The number of ether oxygens (including phenoxy) is 1. The van der Waals surface area contributed by atoms with Crippen molar-refractivity contribution < 1.29 is 43.1 Å². The molecule has 71 heavy (non-hydrogen) atoms. The largest absolute Gasteiger partial charge is 0.444 e. The van der Waals surface area contributed by atoms with E-state index in [1.54, 1.807) is 25.7 Å². The molecule has 3 heterocycles. The molecule has 5 atom stereocenters. The van der Waals surface area contributed by atoms with Gasteiger partial charge in [-0.1, -0.05) is 110 Å². The summed E-state index contributed by atoms with van der Waals surface area (Å²) in [4.78, 5) is 109. The molecule has 16 nitrogen and oxygen atoms in total. The first-order valence-electron chi connectivity index (χ1n) is 25.1. The van der Waals surface area contributed by atoms with Crippen LogP contribution in [0.25, 0.3) is 0 Å². The van der Waals surface area contributed by atoms with Crippen molar-refractivity contribution in [1.82, 2.24) is 31.1 Å². The standard InChI is InChI=1S/C55H69N7O9/c1-55(2,3)71-54(70)58-44-36-61(48(65)23-17-9-7-5-4-6-8-12-18-37-24-26-38(27-25-37)42-29-33-47(64)59-50(42)66)35-34-41-28-31-45(62(41)53(44)69)52(68)57-43(30-32-46(56)63)51(67)60-49(39-19-13-10-14-20-39)40-21-15-11-16-22-40/h10-11,13-16,19-22,24-27,41-45,49H,4-9,17,23,28-36H2,1-3H3,(H2,56,63)(H,57,68)(H,58,70)(H,60,67)(H,59,64,66)/t41-,42?,43+,44+,45+/m1/s1. The van der Waals surface area contributed by atoms with Crippen LogP contribution < -0.4 is 27.0 Å². The van der Waals surface area contributed by atoms with Gasteiger partial charge in [0.2, 0.25) is 41.4 Å². The highest BCUT2D eigenvalue weighted by atomic mass is 16.6. The Kier molecular flexibility index (Phi) is 19.3. The molecule has 8 amide bonds. The van der Waals surface area contributed by atoms with Crippen molar-refractivity contribution in [2.75, 3.05) is 13.1 Å². The van der Waals surface area contributed by atoms with Crippen molar-refractivity contribution in [2.45, 2.75) is 159 Å². The van der Waals surface area contributed by atoms with Crippen LogP contribution in [0.2, 0.25) is 0 Å². The van der Waals surface area contributed by atoms with E-state index in [2.05, 4.69) is 33.1 Å². The molecule has 3 aliphatic rings. The fourth-order valence-electron chi connectivity index (χ4n) is 9.46. The number of benzene rings is 3. The summed E-state index contributed by atoms with van der Waals surface area (Å²) in [5, 5.41) is 11.0. The smallest absolute Gasteiger partial charge is 0.408 e. The summed E-state index contributed by atoms with van der Waals surface area (Å²) in [6.07, 6.45) is 7.39. The lowest BCUT2D eigenvalue weighted by atomic mass is 9.90. The molecule has 0 bridgehead atoms. The van der Waals surface area contributed by atoms with Gasteiger partial charge in [0.1, 0.15) is 23.7 Å². The zero-order valence-electron chi connectivity index (χ0n) is 41.2. The summed E-state index contributed by atoms with van der Waals surface area (Å²) in [7, 11) is 0. The number of carbonyl (C=O) groups is 8. The number of primary amides is 1. The van der Waals surface area contributed by atoms with E-state index < -0.39 is 65.5 Å². The van der Waals surface area contributed by atoms with Gasteiger partial charge in [-0.3, -0.25) is 38.9 Å². The number of imide groups is 1. The lowest BCUT2D eigenvalue weighted by Crippen LogP contribution is -2.62. The maximum Gasteiger partial charge on any atom is 0.408 e. The monoisotopic (exact) mass is 972 g/mol. The zero-order chi connectivity index (χ0) is 50.9.